The van der Waals surface area contributed by atoms with Gasteiger partial charge in [0.2, 0.25) is 0 Å². The van der Waals surface area contributed by atoms with E-state index in [4.69, 9.17) is 11.6 Å². The Kier molecular flexibility index (Phi) is 7.03. The van der Waals surface area contributed by atoms with Crippen molar-refractivity contribution in [1.82, 2.24) is 25.6 Å². The average molecular weight is 390 g/mol. The van der Waals surface area contributed by atoms with Crippen LogP contribution in [-0.2, 0) is 6.42 Å². The molecular weight excluding hydrogens is 369 g/mol. The van der Waals surface area contributed by atoms with Crippen LogP contribution in [0, 0.1) is 6.92 Å². The maximum absolute atomic E-state index is 12.3. The van der Waals surface area contributed by atoms with E-state index in [1.165, 1.54) is 11.3 Å². The molecule has 0 radical (unpaired) electrons. The van der Waals surface area contributed by atoms with Gasteiger partial charge in [-0.15, -0.1) is 28.8 Å². The van der Waals surface area contributed by atoms with E-state index >= 15 is 0 Å². The van der Waals surface area contributed by atoms with Gasteiger partial charge in [-0.1, -0.05) is 16.8 Å². The van der Waals surface area contributed by atoms with Crippen LogP contribution in [-0.4, -0.2) is 40.5 Å². The molecule has 0 aliphatic carbocycles. The normalized spacial score (nSPS) is 15.1. The van der Waals surface area contributed by atoms with E-state index in [9.17, 15) is 4.79 Å². The smallest absolute Gasteiger partial charge is 0.273 e. The molecule has 6 nitrogen and oxygen atoms in total. The molecule has 3 rings (SSSR count). The second-order valence-electron chi connectivity index (χ2n) is 5.66. The van der Waals surface area contributed by atoms with E-state index in [1.54, 1.807) is 0 Å². The third kappa shape index (κ3) is 4.47. The molecule has 0 saturated carbocycles. The number of halogens is 2. The molecular formula is C15H21Cl2N5OS. The summed E-state index contributed by atoms with van der Waals surface area (Å²) in [6.07, 6.45) is 2.80. The molecule has 1 aliphatic rings. The molecule has 1 saturated heterocycles. The Morgan fingerprint density at radius 1 is 1.46 bits per heavy atom. The van der Waals surface area contributed by atoms with E-state index in [1.807, 2.05) is 23.7 Å². The zero-order valence-corrected chi connectivity index (χ0v) is 15.8. The van der Waals surface area contributed by atoms with Gasteiger partial charge < -0.3 is 10.6 Å². The molecule has 0 spiro atoms. The number of piperidine rings is 1. The van der Waals surface area contributed by atoms with Crippen molar-refractivity contribution in [2.24, 2.45) is 0 Å². The average Bonchev–Trinajstić information content (AvgIpc) is 3.14. The summed E-state index contributed by atoms with van der Waals surface area (Å²) in [5.74, 6) is -0.162. The van der Waals surface area contributed by atoms with E-state index < -0.39 is 0 Å². The fourth-order valence-electron chi connectivity index (χ4n) is 2.82. The molecule has 9 heteroatoms. The lowest BCUT2D eigenvalue weighted by Gasteiger charge is -2.23. The minimum atomic E-state index is -0.162. The van der Waals surface area contributed by atoms with Crippen molar-refractivity contribution in [3.05, 3.63) is 32.7 Å². The van der Waals surface area contributed by atoms with Crippen molar-refractivity contribution in [3.8, 4) is 0 Å². The van der Waals surface area contributed by atoms with Crippen LogP contribution in [0.1, 0.15) is 39.9 Å². The molecule has 1 fully saturated rings. The van der Waals surface area contributed by atoms with Crippen LogP contribution in [0.5, 0.6) is 0 Å². The lowest BCUT2D eigenvalue weighted by Crippen LogP contribution is -2.30. The highest BCUT2D eigenvalue weighted by Gasteiger charge is 2.22. The zero-order chi connectivity index (χ0) is 16.2. The van der Waals surface area contributed by atoms with Crippen LogP contribution in [0.2, 0.25) is 4.34 Å². The number of aromatic nitrogens is 3. The van der Waals surface area contributed by atoms with E-state index in [-0.39, 0.29) is 18.3 Å². The van der Waals surface area contributed by atoms with Crippen LogP contribution in [0.3, 0.4) is 0 Å². The second kappa shape index (κ2) is 8.80. The van der Waals surface area contributed by atoms with Gasteiger partial charge in [0, 0.05) is 11.4 Å². The maximum atomic E-state index is 12.3. The number of hydrogen-bond acceptors (Lipinski definition) is 5. The topological polar surface area (TPSA) is 71.8 Å². The first-order chi connectivity index (χ1) is 11.1. The summed E-state index contributed by atoms with van der Waals surface area (Å²) in [4.78, 5) is 13.5. The standard InChI is InChI=1S/C15H20ClN5OS.ClH/c1-10-14(19-20-21(10)11-4-7-17-8-5-11)15(22)18-9-6-12-2-3-13(16)23-12;/h2-3,11,17H,4-9H2,1H3,(H,18,22);1H. The molecule has 3 heterocycles. The van der Waals surface area contributed by atoms with Crippen LogP contribution >= 0.6 is 35.3 Å². The minimum absolute atomic E-state index is 0. The number of carbonyl (C=O) groups is 1. The Balaban J connectivity index is 0.00000208. The minimum Gasteiger partial charge on any atom is -0.350 e. The monoisotopic (exact) mass is 389 g/mol. The fourth-order valence-corrected chi connectivity index (χ4v) is 3.90. The summed E-state index contributed by atoms with van der Waals surface area (Å²) >= 11 is 7.44. The highest BCUT2D eigenvalue weighted by molar-refractivity contribution is 7.16. The maximum Gasteiger partial charge on any atom is 0.273 e. The molecule has 2 aromatic heterocycles. The van der Waals surface area contributed by atoms with Gasteiger partial charge in [0.05, 0.1) is 16.1 Å². The molecule has 0 aromatic carbocycles. The summed E-state index contributed by atoms with van der Waals surface area (Å²) < 4.78 is 2.67. The third-order valence-corrected chi connectivity index (χ3v) is 5.37. The lowest BCUT2D eigenvalue weighted by atomic mass is 10.1. The van der Waals surface area contributed by atoms with Gasteiger partial charge in [0.25, 0.3) is 5.91 Å². The lowest BCUT2D eigenvalue weighted by molar-refractivity contribution is 0.0948. The first-order valence-electron chi connectivity index (χ1n) is 7.80. The predicted octanol–water partition coefficient (Wildman–Crippen LogP) is 2.62. The van der Waals surface area contributed by atoms with Crippen molar-refractivity contribution < 1.29 is 4.79 Å². The summed E-state index contributed by atoms with van der Waals surface area (Å²) in [6.45, 7) is 4.44. The molecule has 0 atom stereocenters. The van der Waals surface area contributed by atoms with E-state index in [0.29, 0.717) is 18.3 Å². The highest BCUT2D eigenvalue weighted by Crippen LogP contribution is 2.22. The number of carbonyl (C=O) groups excluding carboxylic acids is 1. The highest BCUT2D eigenvalue weighted by atomic mass is 35.5. The molecule has 24 heavy (non-hydrogen) atoms. The second-order valence-corrected chi connectivity index (χ2v) is 7.46. The SMILES string of the molecule is Cc1c(C(=O)NCCc2ccc(Cl)s2)nnn1C1CCNCC1.Cl. The number of amides is 1. The van der Waals surface area contributed by atoms with Crippen molar-refractivity contribution in [1.29, 1.82) is 0 Å². The number of nitrogens with one attached hydrogen (secondary N) is 2. The molecule has 2 aromatic rings. The van der Waals surface area contributed by atoms with Gasteiger partial charge in [-0.2, -0.15) is 0 Å². The summed E-state index contributed by atoms with van der Waals surface area (Å²) in [5.41, 5.74) is 1.27. The molecule has 132 valence electrons. The van der Waals surface area contributed by atoms with Crippen LogP contribution in [0.25, 0.3) is 0 Å². The van der Waals surface area contributed by atoms with Crippen LogP contribution in [0.15, 0.2) is 12.1 Å². The van der Waals surface area contributed by atoms with E-state index in [2.05, 4.69) is 20.9 Å². The third-order valence-electron chi connectivity index (χ3n) is 4.08. The van der Waals surface area contributed by atoms with Crippen LogP contribution < -0.4 is 10.6 Å². The Morgan fingerprint density at radius 3 is 2.88 bits per heavy atom. The first-order valence-corrected chi connectivity index (χ1v) is 8.99. The van der Waals surface area contributed by atoms with Gasteiger partial charge in [-0.25, -0.2) is 4.68 Å². The van der Waals surface area contributed by atoms with Gasteiger partial charge >= 0.3 is 0 Å². The zero-order valence-electron chi connectivity index (χ0n) is 13.4. The molecule has 1 aliphatic heterocycles. The number of nitrogens with zero attached hydrogens (tertiary/aromatic N) is 3. The number of hydrogen-bond donors (Lipinski definition) is 2. The van der Waals surface area contributed by atoms with Crippen molar-refractivity contribution in [2.75, 3.05) is 19.6 Å². The van der Waals surface area contributed by atoms with Gasteiger partial charge in [-0.05, 0) is 51.4 Å². The summed E-state index contributed by atoms with van der Waals surface area (Å²) in [7, 11) is 0. The number of rotatable bonds is 5. The molecule has 1 amide bonds. The Hall–Kier alpha value is -1.15. The largest absolute Gasteiger partial charge is 0.350 e. The molecule has 2 N–H and O–H groups in total. The first kappa shape index (κ1) is 19.2. The van der Waals surface area contributed by atoms with Gasteiger partial charge in [-0.3, -0.25) is 4.79 Å². The van der Waals surface area contributed by atoms with Crippen molar-refractivity contribution in [2.45, 2.75) is 32.2 Å². The quantitative estimate of drug-likeness (QED) is 0.824. The van der Waals surface area contributed by atoms with E-state index in [0.717, 1.165) is 47.3 Å². The Bertz CT molecular complexity index is 681. The Labute approximate surface area is 156 Å². The molecule has 0 bridgehead atoms. The summed E-state index contributed by atoms with van der Waals surface area (Å²) in [5, 5.41) is 14.5. The molecule has 0 unspecified atom stereocenters. The predicted molar refractivity (Wildman–Crippen MR) is 98.5 cm³/mol. The fraction of sp³-hybridized carbons (Fsp3) is 0.533. The van der Waals surface area contributed by atoms with Gasteiger partial charge in [0.15, 0.2) is 5.69 Å². The van der Waals surface area contributed by atoms with Crippen LogP contribution in [0.4, 0.5) is 0 Å². The Morgan fingerprint density at radius 2 is 2.21 bits per heavy atom. The van der Waals surface area contributed by atoms with Gasteiger partial charge in [0.1, 0.15) is 0 Å². The summed E-state index contributed by atoms with van der Waals surface area (Å²) in [6, 6.07) is 4.19. The number of thiophene rings is 1. The van der Waals surface area contributed by atoms with Crippen molar-refractivity contribution in [3.63, 3.8) is 0 Å². The van der Waals surface area contributed by atoms with Crippen molar-refractivity contribution >= 4 is 41.3 Å².